The molecule has 0 saturated carbocycles. The Morgan fingerprint density at radius 2 is 2.12 bits per heavy atom. The van der Waals surface area contributed by atoms with Crippen molar-refractivity contribution in [1.82, 2.24) is 20.1 Å². The highest BCUT2D eigenvalue weighted by atomic mass is 19.3. The zero-order chi connectivity index (χ0) is 17.2. The minimum atomic E-state index is -2.89. The minimum Gasteiger partial charge on any atom is -0.326 e. The SMILES string of the molecule is Cc1nc(C2CC(F)(F)CN2C(=O)CCCc2ccccc2)n[nH]1. The third-order valence-electron chi connectivity index (χ3n) is 4.20. The number of aromatic amines is 1. The molecule has 2 heterocycles. The number of rotatable bonds is 5. The molecule has 1 aliphatic rings. The lowest BCUT2D eigenvalue weighted by Crippen LogP contribution is -2.33. The maximum Gasteiger partial charge on any atom is 0.267 e. The molecule has 1 saturated heterocycles. The molecule has 5 nitrogen and oxygen atoms in total. The number of hydrogen-bond donors (Lipinski definition) is 1. The molecule has 1 fully saturated rings. The number of likely N-dealkylation sites (tertiary alicyclic amines) is 1. The maximum atomic E-state index is 13.8. The van der Waals surface area contributed by atoms with Crippen LogP contribution in [0, 0.1) is 6.92 Å². The second-order valence-corrected chi connectivity index (χ2v) is 6.22. The summed E-state index contributed by atoms with van der Waals surface area (Å²) in [6.07, 6.45) is 1.20. The quantitative estimate of drug-likeness (QED) is 0.914. The van der Waals surface area contributed by atoms with Gasteiger partial charge in [-0.25, -0.2) is 13.8 Å². The van der Waals surface area contributed by atoms with Crippen LogP contribution in [-0.4, -0.2) is 38.5 Å². The first-order valence-electron chi connectivity index (χ1n) is 8.05. The number of hydrogen-bond acceptors (Lipinski definition) is 3. The van der Waals surface area contributed by atoms with Gasteiger partial charge in [0, 0.05) is 12.8 Å². The molecule has 1 aliphatic heterocycles. The van der Waals surface area contributed by atoms with Crippen molar-refractivity contribution in [1.29, 1.82) is 0 Å². The first-order valence-corrected chi connectivity index (χ1v) is 8.05. The molecule has 0 aliphatic carbocycles. The highest BCUT2D eigenvalue weighted by Crippen LogP contribution is 2.40. The van der Waals surface area contributed by atoms with Crippen LogP contribution in [0.1, 0.15) is 42.5 Å². The molecular formula is C17H20F2N4O. The van der Waals surface area contributed by atoms with Crippen LogP contribution in [0.3, 0.4) is 0 Å². The van der Waals surface area contributed by atoms with Crippen molar-refractivity contribution in [3.63, 3.8) is 0 Å². The number of benzene rings is 1. The van der Waals surface area contributed by atoms with Crippen molar-refractivity contribution in [3.05, 3.63) is 47.5 Å². The van der Waals surface area contributed by atoms with Gasteiger partial charge in [0.1, 0.15) is 5.82 Å². The van der Waals surface area contributed by atoms with Crippen LogP contribution in [0.4, 0.5) is 8.78 Å². The largest absolute Gasteiger partial charge is 0.326 e. The molecule has 1 aromatic heterocycles. The molecule has 0 radical (unpaired) electrons. The Morgan fingerprint density at radius 3 is 2.79 bits per heavy atom. The smallest absolute Gasteiger partial charge is 0.267 e. The van der Waals surface area contributed by atoms with Crippen molar-refractivity contribution in [2.75, 3.05) is 6.54 Å². The van der Waals surface area contributed by atoms with Crippen molar-refractivity contribution in [3.8, 4) is 0 Å². The van der Waals surface area contributed by atoms with Gasteiger partial charge in [-0.15, -0.1) is 0 Å². The van der Waals surface area contributed by atoms with Crippen LogP contribution in [0.2, 0.25) is 0 Å². The summed E-state index contributed by atoms with van der Waals surface area (Å²) >= 11 is 0. The molecule has 3 rings (SSSR count). The lowest BCUT2D eigenvalue weighted by molar-refractivity contribution is -0.133. The molecule has 0 bridgehead atoms. The number of nitrogens with zero attached hydrogens (tertiary/aromatic N) is 3. The van der Waals surface area contributed by atoms with Crippen molar-refractivity contribution < 1.29 is 13.6 Å². The van der Waals surface area contributed by atoms with Gasteiger partial charge >= 0.3 is 0 Å². The summed E-state index contributed by atoms with van der Waals surface area (Å²) in [7, 11) is 0. The number of halogens is 2. The van der Waals surface area contributed by atoms with Gasteiger partial charge < -0.3 is 4.90 Å². The number of carbonyl (C=O) groups excluding carboxylic acids is 1. The second kappa shape index (κ2) is 6.67. The summed E-state index contributed by atoms with van der Waals surface area (Å²) < 4.78 is 27.6. The molecule has 1 amide bonds. The van der Waals surface area contributed by atoms with E-state index in [1.54, 1.807) is 6.92 Å². The summed E-state index contributed by atoms with van der Waals surface area (Å²) in [6.45, 7) is 1.14. The first-order chi connectivity index (χ1) is 11.4. The molecule has 2 aromatic rings. The van der Waals surface area contributed by atoms with Crippen LogP contribution < -0.4 is 0 Å². The molecule has 128 valence electrons. The van der Waals surface area contributed by atoms with Crippen LogP contribution in [0.25, 0.3) is 0 Å². The Hall–Kier alpha value is -2.31. The fourth-order valence-corrected chi connectivity index (χ4v) is 3.05. The van der Waals surface area contributed by atoms with Crippen LogP contribution in [0.5, 0.6) is 0 Å². The summed E-state index contributed by atoms with van der Waals surface area (Å²) in [5, 5.41) is 6.61. The zero-order valence-corrected chi connectivity index (χ0v) is 13.5. The number of nitrogens with one attached hydrogen (secondary N) is 1. The Kier molecular flexibility index (Phi) is 4.59. The Morgan fingerprint density at radius 1 is 1.38 bits per heavy atom. The number of aromatic nitrogens is 3. The number of carbonyl (C=O) groups is 1. The van der Waals surface area contributed by atoms with Crippen molar-refractivity contribution in [2.24, 2.45) is 0 Å². The van der Waals surface area contributed by atoms with Crippen LogP contribution in [0.15, 0.2) is 30.3 Å². The third-order valence-corrected chi connectivity index (χ3v) is 4.20. The summed E-state index contributed by atoms with van der Waals surface area (Å²) in [4.78, 5) is 17.8. The number of amides is 1. The van der Waals surface area contributed by atoms with Gasteiger partial charge in [0.05, 0.1) is 12.6 Å². The maximum absolute atomic E-state index is 13.8. The lowest BCUT2D eigenvalue weighted by Gasteiger charge is -2.21. The van der Waals surface area contributed by atoms with E-state index >= 15 is 0 Å². The lowest BCUT2D eigenvalue weighted by atomic mass is 10.1. The van der Waals surface area contributed by atoms with E-state index in [2.05, 4.69) is 15.2 Å². The highest BCUT2D eigenvalue weighted by molar-refractivity contribution is 5.77. The van der Waals surface area contributed by atoms with Gasteiger partial charge in [0.15, 0.2) is 5.82 Å². The monoisotopic (exact) mass is 334 g/mol. The summed E-state index contributed by atoms with van der Waals surface area (Å²) in [6, 6.07) is 9.06. The molecule has 24 heavy (non-hydrogen) atoms. The molecule has 7 heteroatoms. The minimum absolute atomic E-state index is 0.241. The van der Waals surface area contributed by atoms with Gasteiger partial charge in [-0.2, -0.15) is 5.10 Å². The summed E-state index contributed by atoms with van der Waals surface area (Å²) in [5.74, 6) is -2.35. The third kappa shape index (κ3) is 3.77. The predicted molar refractivity (Wildman–Crippen MR) is 84.5 cm³/mol. The van der Waals surface area contributed by atoms with E-state index in [4.69, 9.17) is 0 Å². The predicted octanol–water partition coefficient (Wildman–Crippen LogP) is 3.04. The number of aryl methyl sites for hydroxylation is 2. The van der Waals surface area contributed by atoms with Gasteiger partial charge in [-0.1, -0.05) is 30.3 Å². The molecular weight excluding hydrogens is 314 g/mol. The van der Waals surface area contributed by atoms with Crippen molar-refractivity contribution >= 4 is 5.91 Å². The van der Waals surface area contributed by atoms with Crippen LogP contribution in [-0.2, 0) is 11.2 Å². The molecule has 1 atom stereocenters. The van der Waals surface area contributed by atoms with Gasteiger partial charge in [0.2, 0.25) is 5.91 Å². The molecule has 1 N–H and O–H groups in total. The van der Waals surface area contributed by atoms with Gasteiger partial charge in [0.25, 0.3) is 5.92 Å². The topological polar surface area (TPSA) is 61.9 Å². The van der Waals surface area contributed by atoms with E-state index < -0.39 is 24.9 Å². The van der Waals surface area contributed by atoms with Crippen LogP contribution >= 0.6 is 0 Å². The Labute approximate surface area is 139 Å². The zero-order valence-electron chi connectivity index (χ0n) is 13.5. The van der Waals surface area contributed by atoms with Gasteiger partial charge in [-0.3, -0.25) is 9.89 Å². The summed E-state index contributed by atoms with van der Waals surface area (Å²) in [5.41, 5.74) is 1.14. The fourth-order valence-electron chi connectivity index (χ4n) is 3.05. The first kappa shape index (κ1) is 16.5. The second-order valence-electron chi connectivity index (χ2n) is 6.22. The average Bonchev–Trinajstić information content (AvgIpc) is 3.11. The van der Waals surface area contributed by atoms with Crippen molar-refractivity contribution in [2.45, 2.75) is 44.6 Å². The van der Waals surface area contributed by atoms with E-state index in [0.717, 1.165) is 12.0 Å². The van der Waals surface area contributed by atoms with E-state index in [9.17, 15) is 13.6 Å². The average molecular weight is 334 g/mol. The number of H-pyrrole nitrogens is 1. The van der Waals surface area contributed by atoms with E-state index in [1.165, 1.54) is 4.90 Å². The standard InChI is InChI=1S/C17H20F2N4O/c1-12-20-16(22-21-12)14-10-17(18,19)11-23(14)15(24)9-5-8-13-6-3-2-4-7-13/h2-4,6-7,14H,5,8-11H2,1H3,(H,20,21,22). The Bertz CT molecular complexity index is 702. The van der Waals surface area contributed by atoms with Gasteiger partial charge in [-0.05, 0) is 25.3 Å². The van der Waals surface area contributed by atoms with E-state index in [0.29, 0.717) is 12.2 Å². The Balaban J connectivity index is 1.63. The normalized spacial score (nSPS) is 19.6. The number of alkyl halides is 2. The molecule has 1 unspecified atom stereocenters. The highest BCUT2D eigenvalue weighted by Gasteiger charge is 2.48. The van der Waals surface area contributed by atoms with E-state index in [-0.39, 0.29) is 18.2 Å². The molecule has 0 spiro atoms. The van der Waals surface area contributed by atoms with E-state index in [1.807, 2.05) is 30.3 Å². The molecule has 1 aromatic carbocycles. The fraction of sp³-hybridized carbons (Fsp3) is 0.471.